The monoisotopic (exact) mass is 384 g/mol. The highest BCUT2D eigenvalue weighted by Gasteiger charge is 2.27. The fourth-order valence-electron chi connectivity index (χ4n) is 2.90. The van der Waals surface area contributed by atoms with Crippen molar-refractivity contribution in [2.45, 2.75) is 53.6 Å². The molecular weight excluding hydrogens is 360 g/mol. The Bertz CT molecular complexity index is 888. The Kier molecular flexibility index (Phi) is 6.28. The van der Waals surface area contributed by atoms with E-state index in [-0.39, 0.29) is 0 Å². The number of halogens is 1. The molecule has 0 amide bonds. The van der Waals surface area contributed by atoms with Gasteiger partial charge >= 0.3 is 5.97 Å². The summed E-state index contributed by atoms with van der Waals surface area (Å²) in [4.78, 5) is 17.5. The summed E-state index contributed by atoms with van der Waals surface area (Å²) in [5.41, 5.74) is 2.66. The number of rotatable bonds is 4. The first kappa shape index (κ1) is 20.9. The van der Waals surface area contributed by atoms with E-state index in [2.05, 4.69) is 24.9 Å². The topological polar surface area (TPSA) is 63.0 Å². The average molecular weight is 385 g/mol. The minimum Gasteiger partial charge on any atom is -0.456 e. The van der Waals surface area contributed by atoms with Crippen LogP contribution in [0.3, 0.4) is 0 Å². The summed E-state index contributed by atoms with van der Waals surface area (Å²) >= 11 is 6.02. The standard InChI is InChI=1S/C22H25ClN2O2/c1-13(2)11-18-17(12-24)20(15-7-9-16(23)10-8-15)19(14(3)25-18)21(26)27-22(4,5)6/h7-10,13H,11H2,1-6H3. The highest BCUT2D eigenvalue weighted by Crippen LogP contribution is 2.33. The molecule has 0 aliphatic carbocycles. The number of esters is 1. The maximum Gasteiger partial charge on any atom is 0.341 e. The normalized spacial score (nSPS) is 11.4. The van der Waals surface area contributed by atoms with Gasteiger partial charge in [-0.3, -0.25) is 4.98 Å². The highest BCUT2D eigenvalue weighted by molar-refractivity contribution is 6.30. The second-order valence-corrected chi connectivity index (χ2v) is 8.42. The molecule has 4 nitrogen and oxygen atoms in total. The predicted molar refractivity (Wildman–Crippen MR) is 108 cm³/mol. The van der Waals surface area contributed by atoms with Crippen LogP contribution in [0.5, 0.6) is 0 Å². The molecule has 0 atom stereocenters. The van der Waals surface area contributed by atoms with Crippen LogP contribution in [-0.2, 0) is 11.2 Å². The maximum atomic E-state index is 12.9. The number of hydrogen-bond donors (Lipinski definition) is 0. The number of pyridine rings is 1. The Morgan fingerprint density at radius 2 is 1.85 bits per heavy atom. The average Bonchev–Trinajstić information content (AvgIpc) is 2.52. The fourth-order valence-corrected chi connectivity index (χ4v) is 3.03. The second kappa shape index (κ2) is 8.10. The number of aryl methyl sites for hydroxylation is 1. The number of nitriles is 1. The first-order valence-electron chi connectivity index (χ1n) is 8.96. The van der Waals surface area contributed by atoms with E-state index in [0.29, 0.717) is 45.4 Å². The zero-order chi connectivity index (χ0) is 20.4. The summed E-state index contributed by atoms with van der Waals surface area (Å²) < 4.78 is 5.60. The molecule has 0 N–H and O–H groups in total. The van der Waals surface area contributed by atoms with Crippen molar-refractivity contribution in [3.8, 4) is 17.2 Å². The zero-order valence-corrected chi connectivity index (χ0v) is 17.4. The minimum atomic E-state index is -0.649. The molecule has 0 fully saturated rings. The molecule has 0 aliphatic heterocycles. The van der Waals surface area contributed by atoms with Gasteiger partial charge in [0.2, 0.25) is 0 Å². The van der Waals surface area contributed by atoms with Crippen molar-refractivity contribution in [1.82, 2.24) is 4.98 Å². The number of nitrogens with zero attached hydrogens (tertiary/aromatic N) is 2. The van der Waals surface area contributed by atoms with Gasteiger partial charge in [-0.25, -0.2) is 4.79 Å². The number of aromatic nitrogens is 1. The smallest absolute Gasteiger partial charge is 0.341 e. The molecule has 0 bridgehead atoms. The van der Waals surface area contributed by atoms with E-state index in [0.717, 1.165) is 5.56 Å². The van der Waals surface area contributed by atoms with Gasteiger partial charge in [-0.1, -0.05) is 37.6 Å². The quantitative estimate of drug-likeness (QED) is 0.631. The van der Waals surface area contributed by atoms with Crippen molar-refractivity contribution < 1.29 is 9.53 Å². The van der Waals surface area contributed by atoms with Gasteiger partial charge in [0.15, 0.2) is 0 Å². The van der Waals surface area contributed by atoms with Gasteiger partial charge < -0.3 is 4.74 Å². The Morgan fingerprint density at radius 3 is 2.33 bits per heavy atom. The second-order valence-electron chi connectivity index (χ2n) is 7.99. The van der Waals surface area contributed by atoms with Crippen molar-refractivity contribution in [2.75, 3.05) is 0 Å². The third kappa shape index (κ3) is 5.08. The van der Waals surface area contributed by atoms with Crippen molar-refractivity contribution >= 4 is 17.6 Å². The van der Waals surface area contributed by atoms with E-state index in [9.17, 15) is 10.1 Å². The first-order chi connectivity index (χ1) is 12.5. The van der Waals surface area contributed by atoms with Crippen LogP contribution in [0.2, 0.25) is 5.02 Å². The van der Waals surface area contributed by atoms with E-state index >= 15 is 0 Å². The largest absolute Gasteiger partial charge is 0.456 e. The first-order valence-corrected chi connectivity index (χ1v) is 9.34. The molecule has 27 heavy (non-hydrogen) atoms. The third-order valence-corrected chi connectivity index (χ3v) is 4.15. The molecule has 2 rings (SSSR count). The molecule has 0 aliphatic rings. The van der Waals surface area contributed by atoms with Crippen LogP contribution in [0.1, 0.15) is 61.9 Å². The van der Waals surface area contributed by atoms with Crippen LogP contribution in [0.25, 0.3) is 11.1 Å². The number of benzene rings is 1. The van der Waals surface area contributed by atoms with Gasteiger partial charge in [0.05, 0.1) is 22.5 Å². The number of carbonyl (C=O) groups is 1. The molecule has 2 aromatic rings. The Labute approximate surface area is 166 Å². The van der Waals surface area contributed by atoms with Gasteiger partial charge in [-0.15, -0.1) is 0 Å². The summed E-state index contributed by atoms with van der Waals surface area (Å²) in [7, 11) is 0. The van der Waals surface area contributed by atoms with Gasteiger partial charge in [0, 0.05) is 10.6 Å². The van der Waals surface area contributed by atoms with E-state index in [4.69, 9.17) is 16.3 Å². The van der Waals surface area contributed by atoms with Crippen LogP contribution < -0.4 is 0 Å². The maximum absolute atomic E-state index is 12.9. The van der Waals surface area contributed by atoms with E-state index in [1.807, 2.05) is 32.9 Å². The van der Waals surface area contributed by atoms with Crippen LogP contribution in [0.4, 0.5) is 0 Å². The number of carbonyl (C=O) groups excluding carboxylic acids is 1. The van der Waals surface area contributed by atoms with Crippen molar-refractivity contribution in [2.24, 2.45) is 5.92 Å². The van der Waals surface area contributed by atoms with E-state index in [1.165, 1.54) is 0 Å². The Morgan fingerprint density at radius 1 is 1.26 bits per heavy atom. The molecule has 0 radical (unpaired) electrons. The molecule has 0 saturated heterocycles. The van der Waals surface area contributed by atoms with Gasteiger partial charge in [-0.05, 0) is 57.7 Å². The van der Waals surface area contributed by atoms with Gasteiger partial charge in [-0.2, -0.15) is 5.26 Å². The lowest BCUT2D eigenvalue weighted by Crippen LogP contribution is -2.25. The summed E-state index contributed by atoms with van der Waals surface area (Å²) in [6, 6.07) is 9.38. The third-order valence-electron chi connectivity index (χ3n) is 3.90. The molecule has 1 aromatic carbocycles. The molecule has 5 heteroatoms. The minimum absolute atomic E-state index is 0.328. The molecule has 142 valence electrons. The molecule has 0 unspecified atom stereocenters. The lowest BCUT2D eigenvalue weighted by Gasteiger charge is -2.23. The molecule has 1 heterocycles. The van der Waals surface area contributed by atoms with Crippen molar-refractivity contribution in [3.05, 3.63) is 51.8 Å². The SMILES string of the molecule is Cc1nc(CC(C)C)c(C#N)c(-c2ccc(Cl)cc2)c1C(=O)OC(C)(C)C. The van der Waals surface area contributed by atoms with Gasteiger partial charge in [0.1, 0.15) is 11.7 Å². The summed E-state index contributed by atoms with van der Waals surface area (Å²) in [5.74, 6) is -0.153. The fraction of sp³-hybridized carbons (Fsp3) is 0.409. The van der Waals surface area contributed by atoms with E-state index in [1.54, 1.807) is 19.1 Å². The molecular formula is C22H25ClN2O2. The number of hydrogen-bond acceptors (Lipinski definition) is 4. The summed E-state index contributed by atoms with van der Waals surface area (Å²) in [5, 5.41) is 10.5. The van der Waals surface area contributed by atoms with Crippen molar-refractivity contribution in [1.29, 1.82) is 5.26 Å². The molecule has 0 saturated carbocycles. The highest BCUT2D eigenvalue weighted by atomic mass is 35.5. The Hall–Kier alpha value is -2.38. The van der Waals surface area contributed by atoms with Crippen LogP contribution in [0.15, 0.2) is 24.3 Å². The van der Waals surface area contributed by atoms with Crippen LogP contribution in [-0.4, -0.2) is 16.6 Å². The number of ether oxygens (including phenoxy) is 1. The molecule has 0 spiro atoms. The predicted octanol–water partition coefficient (Wildman–Crippen LogP) is 5.74. The summed E-state index contributed by atoms with van der Waals surface area (Å²) in [6.45, 7) is 11.4. The lowest BCUT2D eigenvalue weighted by atomic mass is 9.90. The summed E-state index contributed by atoms with van der Waals surface area (Å²) in [6.07, 6.45) is 0.652. The molecule has 1 aromatic heterocycles. The zero-order valence-electron chi connectivity index (χ0n) is 16.7. The lowest BCUT2D eigenvalue weighted by molar-refractivity contribution is 0.00691. The van der Waals surface area contributed by atoms with Crippen LogP contribution in [0, 0.1) is 24.2 Å². The van der Waals surface area contributed by atoms with Crippen molar-refractivity contribution in [3.63, 3.8) is 0 Å². The van der Waals surface area contributed by atoms with E-state index < -0.39 is 11.6 Å². The van der Waals surface area contributed by atoms with Crippen LogP contribution >= 0.6 is 11.6 Å². The van der Waals surface area contributed by atoms with Gasteiger partial charge in [0.25, 0.3) is 0 Å². The Balaban J connectivity index is 2.80.